The van der Waals surface area contributed by atoms with Crippen LogP contribution in [0, 0.1) is 0 Å². The van der Waals surface area contributed by atoms with Gasteiger partial charge in [0.05, 0.1) is 10.9 Å². The van der Waals surface area contributed by atoms with Crippen LogP contribution >= 0.6 is 11.3 Å². The zero-order valence-electron chi connectivity index (χ0n) is 15.7. The fourth-order valence-electron chi connectivity index (χ4n) is 4.20. The van der Waals surface area contributed by atoms with Crippen molar-refractivity contribution in [1.82, 2.24) is 15.0 Å². The molecule has 0 radical (unpaired) electrons. The van der Waals surface area contributed by atoms with Gasteiger partial charge in [-0.25, -0.2) is 15.0 Å². The first-order valence-corrected chi connectivity index (χ1v) is 10.6. The minimum atomic E-state index is -4.36. The molecule has 152 valence electrons. The summed E-state index contributed by atoms with van der Waals surface area (Å²) in [6.07, 6.45) is 2.86. The summed E-state index contributed by atoms with van der Waals surface area (Å²) in [6, 6.07) is 2.55. The highest BCUT2D eigenvalue weighted by molar-refractivity contribution is 7.19. The number of nitrogens with zero attached hydrogens (tertiary/aromatic N) is 5. The highest BCUT2D eigenvalue weighted by Crippen LogP contribution is 2.39. The van der Waals surface area contributed by atoms with E-state index in [9.17, 15) is 13.2 Å². The Morgan fingerprint density at radius 2 is 1.66 bits per heavy atom. The normalized spacial score (nSPS) is 17.6. The van der Waals surface area contributed by atoms with Crippen molar-refractivity contribution in [3.05, 3.63) is 40.7 Å². The van der Waals surface area contributed by atoms with E-state index in [1.54, 1.807) is 17.7 Å². The fourth-order valence-corrected chi connectivity index (χ4v) is 5.42. The summed E-state index contributed by atoms with van der Waals surface area (Å²) in [7, 11) is 0. The molecular formula is C20H20F3N5S. The van der Waals surface area contributed by atoms with Crippen LogP contribution in [0.5, 0.6) is 0 Å². The van der Waals surface area contributed by atoms with Crippen LogP contribution in [-0.4, -0.2) is 41.1 Å². The van der Waals surface area contributed by atoms with Crippen LogP contribution in [0.3, 0.4) is 0 Å². The zero-order chi connectivity index (χ0) is 20.0. The number of hydrogen-bond donors (Lipinski definition) is 0. The van der Waals surface area contributed by atoms with Gasteiger partial charge in [-0.05, 0) is 43.4 Å². The van der Waals surface area contributed by atoms with Gasteiger partial charge in [0.2, 0.25) is 0 Å². The van der Waals surface area contributed by atoms with Crippen molar-refractivity contribution in [2.75, 3.05) is 36.0 Å². The Kier molecular flexibility index (Phi) is 4.57. The van der Waals surface area contributed by atoms with Crippen LogP contribution in [-0.2, 0) is 19.0 Å². The van der Waals surface area contributed by atoms with Crippen LogP contribution in [0.2, 0.25) is 0 Å². The standard InChI is InChI=1S/C20H20F3N5S/c21-20(22,23)13-5-6-16(24-11-13)27-7-9-28(10-8-27)18-17-14-3-1-2-4-15(14)29-19(17)26-12-25-18/h5-6,11-12H,1-4,7-10H2. The number of halogens is 3. The van der Waals surface area contributed by atoms with Gasteiger partial charge in [-0.2, -0.15) is 13.2 Å². The van der Waals surface area contributed by atoms with Crippen LogP contribution < -0.4 is 9.80 Å². The Bertz CT molecular complexity index is 1020. The lowest BCUT2D eigenvalue weighted by atomic mass is 9.97. The summed E-state index contributed by atoms with van der Waals surface area (Å²) in [6.45, 7) is 2.88. The topological polar surface area (TPSA) is 45.2 Å². The second-order valence-electron chi connectivity index (χ2n) is 7.47. The van der Waals surface area contributed by atoms with Crippen molar-refractivity contribution < 1.29 is 13.2 Å². The predicted molar refractivity (Wildman–Crippen MR) is 108 cm³/mol. The molecule has 0 saturated carbocycles. The molecule has 0 atom stereocenters. The number of piperazine rings is 1. The second kappa shape index (κ2) is 7.12. The maximum atomic E-state index is 12.8. The third-order valence-corrected chi connectivity index (χ3v) is 6.91. The van der Waals surface area contributed by atoms with E-state index in [2.05, 4.69) is 19.9 Å². The van der Waals surface area contributed by atoms with Crippen LogP contribution in [0.25, 0.3) is 10.2 Å². The molecule has 5 nitrogen and oxygen atoms in total. The van der Waals surface area contributed by atoms with Gasteiger partial charge < -0.3 is 9.80 Å². The first-order chi connectivity index (χ1) is 14.0. The number of thiophene rings is 1. The van der Waals surface area contributed by atoms with Gasteiger partial charge in [0.25, 0.3) is 0 Å². The molecule has 3 aromatic heterocycles. The lowest BCUT2D eigenvalue weighted by molar-refractivity contribution is -0.137. The summed E-state index contributed by atoms with van der Waals surface area (Å²) < 4.78 is 38.3. The monoisotopic (exact) mass is 419 g/mol. The van der Waals surface area contributed by atoms with Gasteiger partial charge in [-0.3, -0.25) is 0 Å². The summed E-state index contributed by atoms with van der Waals surface area (Å²) >= 11 is 1.79. The molecule has 0 aromatic carbocycles. The first-order valence-electron chi connectivity index (χ1n) is 9.79. The number of alkyl halides is 3. The number of anilines is 2. The maximum Gasteiger partial charge on any atom is 0.417 e. The summed E-state index contributed by atoms with van der Waals surface area (Å²) in [5.74, 6) is 1.58. The number of rotatable bonds is 2. The molecule has 0 unspecified atom stereocenters. The number of fused-ring (bicyclic) bond motifs is 3. The smallest absolute Gasteiger partial charge is 0.353 e. The molecule has 5 rings (SSSR count). The van der Waals surface area contributed by atoms with E-state index < -0.39 is 11.7 Å². The lowest BCUT2D eigenvalue weighted by Crippen LogP contribution is -2.47. The van der Waals surface area contributed by atoms with Crippen molar-refractivity contribution in [1.29, 1.82) is 0 Å². The lowest BCUT2D eigenvalue weighted by Gasteiger charge is -2.36. The van der Waals surface area contributed by atoms with E-state index in [1.807, 2.05) is 4.90 Å². The maximum absolute atomic E-state index is 12.8. The molecule has 0 N–H and O–H groups in total. The third kappa shape index (κ3) is 3.41. The van der Waals surface area contributed by atoms with Gasteiger partial charge >= 0.3 is 6.18 Å². The molecule has 0 amide bonds. The molecule has 0 bridgehead atoms. The van der Waals surface area contributed by atoms with E-state index in [0.717, 1.165) is 48.8 Å². The average molecular weight is 419 g/mol. The van der Waals surface area contributed by atoms with Crippen molar-refractivity contribution in [3.63, 3.8) is 0 Å². The number of pyridine rings is 1. The first kappa shape index (κ1) is 18.6. The number of hydrogen-bond acceptors (Lipinski definition) is 6. The van der Waals surface area contributed by atoms with Crippen LogP contribution in [0.15, 0.2) is 24.7 Å². The largest absolute Gasteiger partial charge is 0.417 e. The van der Waals surface area contributed by atoms with Crippen molar-refractivity contribution in [3.8, 4) is 0 Å². The summed E-state index contributed by atoms with van der Waals surface area (Å²) in [4.78, 5) is 19.9. The van der Waals surface area contributed by atoms with Crippen molar-refractivity contribution in [2.45, 2.75) is 31.9 Å². The Hall–Kier alpha value is -2.42. The summed E-state index contributed by atoms with van der Waals surface area (Å²) in [5.41, 5.74) is 0.698. The summed E-state index contributed by atoms with van der Waals surface area (Å²) in [5, 5.41) is 1.20. The van der Waals surface area contributed by atoms with Gasteiger partial charge in [-0.15, -0.1) is 11.3 Å². The van der Waals surface area contributed by atoms with E-state index in [1.165, 1.54) is 34.7 Å². The molecule has 3 aromatic rings. The van der Waals surface area contributed by atoms with E-state index >= 15 is 0 Å². The molecule has 4 heterocycles. The van der Waals surface area contributed by atoms with Crippen molar-refractivity contribution >= 4 is 33.2 Å². The van der Waals surface area contributed by atoms with Crippen molar-refractivity contribution in [2.24, 2.45) is 0 Å². The van der Waals surface area contributed by atoms with Crippen LogP contribution in [0.1, 0.15) is 28.8 Å². The van der Waals surface area contributed by atoms with Gasteiger partial charge in [0.1, 0.15) is 22.8 Å². The second-order valence-corrected chi connectivity index (χ2v) is 8.55. The van der Waals surface area contributed by atoms with Gasteiger partial charge in [-0.1, -0.05) is 0 Å². The minimum Gasteiger partial charge on any atom is -0.353 e. The number of aryl methyl sites for hydroxylation is 2. The SMILES string of the molecule is FC(F)(F)c1ccc(N2CCN(c3ncnc4sc5c(c34)CCCC5)CC2)nc1. The highest BCUT2D eigenvalue weighted by atomic mass is 32.1. The van der Waals surface area contributed by atoms with Gasteiger partial charge in [0.15, 0.2) is 0 Å². The molecule has 1 saturated heterocycles. The van der Waals surface area contributed by atoms with Gasteiger partial charge in [0, 0.05) is 37.3 Å². The molecule has 1 aliphatic heterocycles. The molecule has 2 aliphatic rings. The Morgan fingerprint density at radius 1 is 0.897 bits per heavy atom. The minimum absolute atomic E-state index is 0.582. The predicted octanol–water partition coefficient (Wildman–Crippen LogP) is 4.31. The van der Waals surface area contributed by atoms with E-state index in [0.29, 0.717) is 18.9 Å². The average Bonchev–Trinajstić information content (AvgIpc) is 3.12. The zero-order valence-corrected chi connectivity index (χ0v) is 16.6. The molecule has 1 fully saturated rings. The third-order valence-electron chi connectivity index (χ3n) is 5.71. The molecular weight excluding hydrogens is 399 g/mol. The molecule has 0 spiro atoms. The quantitative estimate of drug-likeness (QED) is 0.619. The number of aromatic nitrogens is 3. The van der Waals surface area contributed by atoms with Crippen LogP contribution in [0.4, 0.5) is 24.8 Å². The van der Waals surface area contributed by atoms with E-state index in [-0.39, 0.29) is 0 Å². The molecule has 29 heavy (non-hydrogen) atoms. The van der Waals surface area contributed by atoms with E-state index in [4.69, 9.17) is 0 Å². The Morgan fingerprint density at radius 3 is 2.38 bits per heavy atom. The Labute approximate surface area is 170 Å². The Balaban J connectivity index is 1.35. The molecule has 9 heteroatoms. The molecule has 1 aliphatic carbocycles. The highest BCUT2D eigenvalue weighted by Gasteiger charge is 2.31. The fraction of sp³-hybridized carbons (Fsp3) is 0.450.